The van der Waals surface area contributed by atoms with Gasteiger partial charge in [0, 0.05) is 13.1 Å². The van der Waals surface area contributed by atoms with E-state index in [0.717, 1.165) is 38.5 Å². The molecule has 1 unspecified atom stereocenters. The Kier molecular flexibility index (Phi) is 10.2. The summed E-state index contributed by atoms with van der Waals surface area (Å²) in [5.74, 6) is -0.535. The number of unbranched alkanes of at least 4 members (excludes halogenated alkanes) is 2. The number of nitrogens with zero attached hydrogens (tertiary/aromatic N) is 1. The quantitative estimate of drug-likeness (QED) is 0.363. The van der Waals surface area contributed by atoms with Gasteiger partial charge < -0.3 is 4.74 Å². The predicted octanol–water partition coefficient (Wildman–Crippen LogP) is 4.82. The van der Waals surface area contributed by atoms with E-state index < -0.39 is 15.9 Å². The molecule has 186 valence electrons. The molecule has 1 atom stereocenters. The molecule has 1 aromatic carbocycles. The molecule has 1 saturated heterocycles. The first-order chi connectivity index (χ1) is 15.9. The Hall–Kier alpha value is -1.48. The van der Waals surface area contributed by atoms with Crippen LogP contribution in [-0.4, -0.2) is 50.0 Å². The molecule has 1 amide bonds. The summed E-state index contributed by atoms with van der Waals surface area (Å²) in [7, 11) is -3.79. The lowest BCUT2D eigenvalue weighted by Gasteiger charge is -2.34. The van der Waals surface area contributed by atoms with Crippen molar-refractivity contribution in [3.05, 3.63) is 29.8 Å². The number of sulfonamides is 1. The van der Waals surface area contributed by atoms with Crippen LogP contribution in [0, 0.1) is 0 Å². The number of hydroxylamine groups is 1. The van der Waals surface area contributed by atoms with Crippen molar-refractivity contribution in [2.45, 2.75) is 108 Å². The van der Waals surface area contributed by atoms with Gasteiger partial charge in [-0.05, 0) is 51.2 Å². The lowest BCUT2D eigenvalue weighted by molar-refractivity contribution is -0.0485. The van der Waals surface area contributed by atoms with Crippen LogP contribution in [-0.2, 0) is 19.6 Å². The fraction of sp³-hybridized carbons (Fsp3) is 0.720. The van der Waals surface area contributed by atoms with Gasteiger partial charge in [-0.25, -0.2) is 13.9 Å². The first kappa shape index (κ1) is 26.1. The highest BCUT2D eigenvalue weighted by Crippen LogP contribution is 2.28. The van der Waals surface area contributed by atoms with Crippen LogP contribution in [0.5, 0.6) is 0 Å². The Labute approximate surface area is 199 Å². The van der Waals surface area contributed by atoms with Crippen molar-refractivity contribution in [3.8, 4) is 0 Å². The maximum Gasteiger partial charge on any atom is 0.276 e. The van der Waals surface area contributed by atoms with Gasteiger partial charge in [0.2, 0.25) is 10.0 Å². The van der Waals surface area contributed by atoms with E-state index in [2.05, 4.69) is 12.4 Å². The third-order valence-corrected chi connectivity index (χ3v) is 8.61. The second kappa shape index (κ2) is 12.8. The normalized spacial score (nSPS) is 19.9. The zero-order valence-electron chi connectivity index (χ0n) is 20.1. The first-order valence-electron chi connectivity index (χ1n) is 12.6. The Balaban J connectivity index is 1.58. The Morgan fingerprint density at radius 2 is 1.73 bits per heavy atom. The summed E-state index contributed by atoms with van der Waals surface area (Å²) in [6.45, 7) is 4.84. The summed E-state index contributed by atoms with van der Waals surface area (Å²) in [4.78, 5) is 18.3. The van der Waals surface area contributed by atoms with Gasteiger partial charge in [0.1, 0.15) is 0 Å². The molecule has 1 heterocycles. The van der Waals surface area contributed by atoms with Crippen molar-refractivity contribution in [2.75, 3.05) is 13.1 Å². The van der Waals surface area contributed by atoms with E-state index in [4.69, 9.17) is 9.57 Å². The molecule has 0 bridgehead atoms. The summed E-state index contributed by atoms with van der Waals surface area (Å²) in [6, 6.07) is 6.35. The molecule has 8 heteroatoms. The summed E-state index contributed by atoms with van der Waals surface area (Å²) in [5, 5.41) is 0. The lowest BCUT2D eigenvalue weighted by atomic mass is 9.97. The van der Waals surface area contributed by atoms with Crippen LogP contribution in [0.1, 0.15) is 94.8 Å². The van der Waals surface area contributed by atoms with Crippen LogP contribution in [0.25, 0.3) is 0 Å². The largest absolute Gasteiger partial charge is 0.375 e. The predicted molar refractivity (Wildman–Crippen MR) is 128 cm³/mol. The van der Waals surface area contributed by atoms with E-state index in [1.165, 1.54) is 35.7 Å². The lowest BCUT2D eigenvalue weighted by Crippen LogP contribution is -2.42. The van der Waals surface area contributed by atoms with Gasteiger partial charge in [-0.3, -0.25) is 9.63 Å². The SMILES string of the molecule is CCCCCC(C)ONC(=O)c1ccccc1S(=O)(=O)N1CCC(OC2CCCCC2)CC1. The highest BCUT2D eigenvalue weighted by molar-refractivity contribution is 7.89. The van der Waals surface area contributed by atoms with E-state index >= 15 is 0 Å². The van der Waals surface area contributed by atoms with E-state index in [1.807, 2.05) is 6.92 Å². The number of carbonyl (C=O) groups excluding carboxylic acids is 1. The van der Waals surface area contributed by atoms with Gasteiger partial charge in [-0.1, -0.05) is 57.6 Å². The maximum atomic E-state index is 13.4. The molecule has 2 fully saturated rings. The molecule has 3 rings (SSSR count). The van der Waals surface area contributed by atoms with Crippen LogP contribution < -0.4 is 5.48 Å². The van der Waals surface area contributed by atoms with Gasteiger partial charge in [0.05, 0.1) is 28.8 Å². The van der Waals surface area contributed by atoms with Gasteiger partial charge in [-0.2, -0.15) is 4.31 Å². The smallest absolute Gasteiger partial charge is 0.276 e. The fourth-order valence-corrected chi connectivity index (χ4v) is 6.31. The zero-order valence-corrected chi connectivity index (χ0v) is 20.9. The van der Waals surface area contributed by atoms with E-state index in [1.54, 1.807) is 12.1 Å². The number of amides is 1. The number of benzene rings is 1. The van der Waals surface area contributed by atoms with Crippen LogP contribution in [0.15, 0.2) is 29.2 Å². The molecule has 2 aliphatic rings. The number of carbonyl (C=O) groups is 1. The molecule has 0 spiro atoms. The average molecular weight is 481 g/mol. The first-order valence-corrected chi connectivity index (χ1v) is 14.1. The van der Waals surface area contributed by atoms with Gasteiger partial charge >= 0.3 is 0 Å². The van der Waals surface area contributed by atoms with Crippen molar-refractivity contribution in [3.63, 3.8) is 0 Å². The molecular formula is C25H40N2O5S. The Bertz CT molecular complexity index is 846. The summed E-state index contributed by atoms with van der Waals surface area (Å²) < 4.78 is 34.5. The van der Waals surface area contributed by atoms with Gasteiger partial charge in [-0.15, -0.1) is 0 Å². The number of ether oxygens (including phenoxy) is 1. The summed E-state index contributed by atoms with van der Waals surface area (Å²) in [6.07, 6.45) is 11.7. The molecule has 1 N–H and O–H groups in total. The Morgan fingerprint density at radius 1 is 1.06 bits per heavy atom. The van der Waals surface area contributed by atoms with Crippen LogP contribution in [0.2, 0.25) is 0 Å². The van der Waals surface area contributed by atoms with E-state index in [9.17, 15) is 13.2 Å². The van der Waals surface area contributed by atoms with Crippen LogP contribution in [0.3, 0.4) is 0 Å². The Morgan fingerprint density at radius 3 is 2.42 bits per heavy atom. The molecule has 0 aromatic heterocycles. The summed E-state index contributed by atoms with van der Waals surface area (Å²) >= 11 is 0. The highest BCUT2D eigenvalue weighted by Gasteiger charge is 2.33. The van der Waals surface area contributed by atoms with E-state index in [-0.39, 0.29) is 22.7 Å². The minimum absolute atomic E-state index is 0.0244. The number of hydrogen-bond donors (Lipinski definition) is 1. The van der Waals surface area contributed by atoms with Crippen LogP contribution in [0.4, 0.5) is 0 Å². The molecular weight excluding hydrogens is 440 g/mol. The topological polar surface area (TPSA) is 84.9 Å². The molecule has 1 aliphatic carbocycles. The highest BCUT2D eigenvalue weighted by atomic mass is 32.2. The number of piperidine rings is 1. The van der Waals surface area contributed by atoms with Crippen molar-refractivity contribution in [2.24, 2.45) is 0 Å². The third-order valence-electron chi connectivity index (χ3n) is 6.65. The van der Waals surface area contributed by atoms with Crippen molar-refractivity contribution >= 4 is 15.9 Å². The number of rotatable bonds is 11. The maximum absolute atomic E-state index is 13.4. The number of hydrogen-bond acceptors (Lipinski definition) is 5. The molecule has 7 nitrogen and oxygen atoms in total. The molecule has 0 radical (unpaired) electrons. The van der Waals surface area contributed by atoms with Crippen molar-refractivity contribution in [1.29, 1.82) is 0 Å². The van der Waals surface area contributed by atoms with Crippen molar-refractivity contribution in [1.82, 2.24) is 9.79 Å². The fourth-order valence-electron chi connectivity index (χ4n) is 4.65. The molecule has 1 saturated carbocycles. The molecule has 1 aliphatic heterocycles. The minimum Gasteiger partial charge on any atom is -0.375 e. The van der Waals surface area contributed by atoms with Crippen LogP contribution >= 0.6 is 0 Å². The third kappa shape index (κ3) is 7.50. The standard InChI is InChI=1S/C25H40N2O5S/c1-3-4-6-11-20(2)32-26-25(28)23-14-9-10-15-24(23)33(29,30)27-18-16-22(17-19-27)31-21-12-7-5-8-13-21/h9-10,14-15,20-22H,3-8,11-13,16-19H2,1-2H3,(H,26,28). The van der Waals surface area contributed by atoms with Gasteiger partial charge in [0.15, 0.2) is 0 Å². The second-order valence-corrected chi connectivity index (χ2v) is 11.3. The molecule has 33 heavy (non-hydrogen) atoms. The second-order valence-electron chi connectivity index (χ2n) is 9.35. The number of nitrogens with one attached hydrogen (secondary N) is 1. The average Bonchev–Trinajstić information content (AvgIpc) is 2.84. The summed E-state index contributed by atoms with van der Waals surface area (Å²) in [5.41, 5.74) is 2.56. The van der Waals surface area contributed by atoms with Crippen molar-refractivity contribution < 1.29 is 22.8 Å². The monoisotopic (exact) mass is 480 g/mol. The van der Waals surface area contributed by atoms with Gasteiger partial charge in [0.25, 0.3) is 5.91 Å². The molecule has 1 aromatic rings. The van der Waals surface area contributed by atoms with E-state index in [0.29, 0.717) is 32.0 Å². The minimum atomic E-state index is -3.79. The zero-order chi connectivity index (χ0) is 23.7.